The molecule has 0 aliphatic carbocycles. The molecule has 0 aliphatic heterocycles. The summed E-state index contributed by atoms with van der Waals surface area (Å²) < 4.78 is 11.7. The van der Waals surface area contributed by atoms with Crippen molar-refractivity contribution in [3.05, 3.63) is 86.9 Å². The molecule has 2 N–H and O–H groups in total. The number of amides is 2. The van der Waals surface area contributed by atoms with E-state index in [1.807, 2.05) is 57.2 Å². The number of para-hydroxylation sites is 1. The van der Waals surface area contributed by atoms with Crippen molar-refractivity contribution in [3.63, 3.8) is 0 Å². The van der Waals surface area contributed by atoms with Gasteiger partial charge in [0.2, 0.25) is 0 Å². The highest BCUT2D eigenvalue weighted by molar-refractivity contribution is 9.10. The summed E-state index contributed by atoms with van der Waals surface area (Å²) in [4.78, 5) is 25.1. The lowest BCUT2D eigenvalue weighted by molar-refractivity contribution is -0.118. The van der Waals surface area contributed by atoms with E-state index in [-0.39, 0.29) is 18.1 Å². The van der Waals surface area contributed by atoms with E-state index < -0.39 is 5.91 Å². The maximum absolute atomic E-state index is 12.7. The number of ether oxygens (including phenoxy) is 2. The molecule has 0 atom stereocenters. The van der Waals surface area contributed by atoms with Crippen LogP contribution < -0.4 is 20.1 Å². The van der Waals surface area contributed by atoms with Crippen LogP contribution in [0.25, 0.3) is 6.08 Å². The van der Waals surface area contributed by atoms with Crippen LogP contribution in [0.3, 0.4) is 0 Å². The molecule has 3 aromatic carbocycles. The Labute approximate surface area is 218 Å². The van der Waals surface area contributed by atoms with Gasteiger partial charge in [0, 0.05) is 11.4 Å². The largest absolute Gasteiger partial charge is 0.493 e. The maximum Gasteiger partial charge on any atom is 0.266 e. The second-order valence-corrected chi connectivity index (χ2v) is 8.91. The highest BCUT2D eigenvalue weighted by Gasteiger charge is 2.16. The Kier molecular flexibility index (Phi) is 8.87. The number of hydrogen-bond donors (Lipinski definition) is 2. The monoisotopic (exact) mass is 547 g/mol. The number of hydrogen-bond acceptors (Lipinski definition) is 5. The Hall–Kier alpha value is -4.09. The molecule has 2 amide bonds. The minimum atomic E-state index is -0.523. The third kappa shape index (κ3) is 6.52. The molecule has 36 heavy (non-hydrogen) atoms. The Morgan fingerprint density at radius 1 is 1.00 bits per heavy atom. The molecular weight excluding hydrogens is 522 g/mol. The quantitative estimate of drug-likeness (QED) is 0.268. The molecule has 0 heterocycles. The van der Waals surface area contributed by atoms with Crippen molar-refractivity contribution in [1.29, 1.82) is 5.26 Å². The molecule has 0 saturated heterocycles. The lowest BCUT2D eigenvalue weighted by atomic mass is 10.1. The van der Waals surface area contributed by atoms with E-state index in [4.69, 9.17) is 9.47 Å². The van der Waals surface area contributed by atoms with Gasteiger partial charge in [0.1, 0.15) is 11.6 Å². The Morgan fingerprint density at radius 2 is 1.69 bits per heavy atom. The van der Waals surface area contributed by atoms with Gasteiger partial charge in [-0.05, 0) is 89.3 Å². The van der Waals surface area contributed by atoms with Crippen LogP contribution in [0.15, 0.2) is 64.6 Å². The van der Waals surface area contributed by atoms with Gasteiger partial charge in [0.05, 0.1) is 11.6 Å². The third-order valence-corrected chi connectivity index (χ3v) is 6.14. The third-order valence-electron chi connectivity index (χ3n) is 5.55. The van der Waals surface area contributed by atoms with Crippen molar-refractivity contribution in [2.45, 2.75) is 20.8 Å². The zero-order valence-electron chi connectivity index (χ0n) is 20.4. The van der Waals surface area contributed by atoms with Gasteiger partial charge in [-0.15, -0.1) is 0 Å². The molecule has 0 spiro atoms. The summed E-state index contributed by atoms with van der Waals surface area (Å²) in [5.74, 6) is -0.174. The Morgan fingerprint density at radius 3 is 2.39 bits per heavy atom. The number of nitrogens with one attached hydrogen (secondary N) is 2. The summed E-state index contributed by atoms with van der Waals surface area (Å²) >= 11 is 3.44. The number of methoxy groups -OCH3 is 1. The van der Waals surface area contributed by atoms with E-state index >= 15 is 0 Å². The second-order valence-electron chi connectivity index (χ2n) is 8.06. The first-order chi connectivity index (χ1) is 17.2. The van der Waals surface area contributed by atoms with Crippen LogP contribution in [0.5, 0.6) is 11.5 Å². The molecule has 0 unspecified atom stereocenters. The molecule has 3 aromatic rings. The van der Waals surface area contributed by atoms with Gasteiger partial charge in [-0.2, -0.15) is 5.26 Å². The standard InChI is InChI=1S/C28H26BrN3O4/c1-17-9-7-11-24(19(17)3)31-26(33)16-36-27-22(29)13-20(14-25(27)35-4)12-21(15-30)28(34)32-23-10-6-5-8-18(23)2/h5-14H,16H2,1-4H3,(H,31,33)(H,32,34)/b21-12-. The summed E-state index contributed by atoms with van der Waals surface area (Å²) in [5, 5.41) is 15.2. The fourth-order valence-corrected chi connectivity index (χ4v) is 3.97. The molecule has 0 aliphatic rings. The van der Waals surface area contributed by atoms with Gasteiger partial charge in [0.15, 0.2) is 18.1 Å². The van der Waals surface area contributed by atoms with Crippen molar-refractivity contribution in [3.8, 4) is 17.6 Å². The van der Waals surface area contributed by atoms with Crippen LogP contribution >= 0.6 is 15.9 Å². The number of carbonyl (C=O) groups is 2. The van der Waals surface area contributed by atoms with E-state index in [9.17, 15) is 14.9 Å². The van der Waals surface area contributed by atoms with Gasteiger partial charge >= 0.3 is 0 Å². The summed E-state index contributed by atoms with van der Waals surface area (Å²) in [7, 11) is 1.47. The Bertz CT molecular complexity index is 1380. The van der Waals surface area contributed by atoms with E-state index in [0.29, 0.717) is 27.2 Å². The summed E-state index contributed by atoms with van der Waals surface area (Å²) in [5.41, 5.74) is 4.77. The van der Waals surface area contributed by atoms with Crippen LogP contribution in [0.1, 0.15) is 22.3 Å². The molecule has 8 heteroatoms. The minimum absolute atomic E-state index is 0.0752. The summed E-state index contributed by atoms with van der Waals surface area (Å²) in [6, 6.07) is 18.2. The number of benzene rings is 3. The van der Waals surface area contributed by atoms with E-state index in [2.05, 4.69) is 26.6 Å². The lowest BCUT2D eigenvalue weighted by Crippen LogP contribution is -2.21. The number of carbonyl (C=O) groups excluding carboxylic acids is 2. The first-order valence-corrected chi connectivity index (χ1v) is 11.9. The molecule has 184 valence electrons. The van der Waals surface area contributed by atoms with Crippen molar-refractivity contribution >= 4 is 45.2 Å². The smallest absolute Gasteiger partial charge is 0.266 e. The van der Waals surface area contributed by atoms with Gasteiger partial charge in [-0.3, -0.25) is 9.59 Å². The number of nitrogens with zero attached hydrogens (tertiary/aromatic N) is 1. The normalized spacial score (nSPS) is 10.8. The van der Waals surface area contributed by atoms with Crippen LogP contribution in [-0.2, 0) is 9.59 Å². The fraction of sp³-hybridized carbons (Fsp3) is 0.179. The molecule has 0 aromatic heterocycles. The van der Waals surface area contributed by atoms with Gasteiger partial charge in [-0.25, -0.2) is 0 Å². The Balaban J connectivity index is 1.76. The highest BCUT2D eigenvalue weighted by atomic mass is 79.9. The minimum Gasteiger partial charge on any atom is -0.493 e. The van der Waals surface area contributed by atoms with E-state index in [1.54, 1.807) is 24.3 Å². The van der Waals surface area contributed by atoms with Crippen LogP contribution in [0, 0.1) is 32.1 Å². The fourth-order valence-electron chi connectivity index (χ4n) is 3.39. The predicted octanol–water partition coefficient (Wildman–Crippen LogP) is 5.95. The van der Waals surface area contributed by atoms with Crippen molar-refractivity contribution in [2.75, 3.05) is 24.4 Å². The van der Waals surface area contributed by atoms with Crippen LogP contribution in [0.2, 0.25) is 0 Å². The SMILES string of the molecule is COc1cc(/C=C(/C#N)C(=O)Nc2ccccc2C)cc(Br)c1OCC(=O)Nc1cccc(C)c1C. The average Bonchev–Trinajstić information content (AvgIpc) is 2.85. The maximum atomic E-state index is 12.7. The van der Waals surface area contributed by atoms with Crippen LogP contribution in [-0.4, -0.2) is 25.5 Å². The number of nitriles is 1. The average molecular weight is 548 g/mol. The number of anilines is 2. The predicted molar refractivity (Wildman–Crippen MR) is 144 cm³/mol. The summed E-state index contributed by atoms with van der Waals surface area (Å²) in [6.45, 7) is 5.55. The first kappa shape index (κ1) is 26.5. The second kappa shape index (κ2) is 12.0. The first-order valence-electron chi connectivity index (χ1n) is 11.1. The van der Waals surface area contributed by atoms with Gasteiger partial charge < -0.3 is 20.1 Å². The van der Waals surface area contributed by atoms with Crippen molar-refractivity contribution in [1.82, 2.24) is 0 Å². The number of rotatable bonds is 8. The molecule has 7 nitrogen and oxygen atoms in total. The number of halogens is 1. The van der Waals surface area contributed by atoms with E-state index in [0.717, 1.165) is 22.4 Å². The molecular formula is C28H26BrN3O4. The summed E-state index contributed by atoms with van der Waals surface area (Å²) in [6.07, 6.45) is 1.46. The zero-order valence-corrected chi connectivity index (χ0v) is 22.0. The topological polar surface area (TPSA) is 100 Å². The lowest BCUT2D eigenvalue weighted by Gasteiger charge is -2.15. The molecule has 0 fully saturated rings. The van der Waals surface area contributed by atoms with Crippen LogP contribution in [0.4, 0.5) is 11.4 Å². The number of aryl methyl sites for hydroxylation is 2. The molecule has 0 bridgehead atoms. The zero-order chi connectivity index (χ0) is 26.2. The highest BCUT2D eigenvalue weighted by Crippen LogP contribution is 2.37. The molecule has 0 saturated carbocycles. The van der Waals surface area contributed by atoms with Gasteiger partial charge in [-0.1, -0.05) is 30.3 Å². The van der Waals surface area contributed by atoms with Crippen molar-refractivity contribution in [2.24, 2.45) is 0 Å². The van der Waals surface area contributed by atoms with Gasteiger partial charge in [0.25, 0.3) is 11.8 Å². The molecule has 0 radical (unpaired) electrons. The van der Waals surface area contributed by atoms with E-state index in [1.165, 1.54) is 13.2 Å². The molecule has 3 rings (SSSR count). The van der Waals surface area contributed by atoms with Crippen molar-refractivity contribution < 1.29 is 19.1 Å².